The molecule has 0 saturated carbocycles. The molecule has 0 aliphatic carbocycles. The van der Waals surface area contributed by atoms with Crippen LogP contribution in [0.2, 0.25) is 5.02 Å². The summed E-state index contributed by atoms with van der Waals surface area (Å²) in [6.07, 6.45) is 2.86. The Kier molecular flexibility index (Phi) is 7.98. The van der Waals surface area contributed by atoms with Crippen LogP contribution in [-0.4, -0.2) is 75.6 Å². The molecule has 1 aliphatic rings. The lowest BCUT2D eigenvalue weighted by Gasteiger charge is -2.39. The van der Waals surface area contributed by atoms with Crippen LogP contribution in [-0.2, 0) is 4.79 Å². The third kappa shape index (κ3) is 5.49. The van der Waals surface area contributed by atoms with Gasteiger partial charge < -0.3 is 24.8 Å². The molecule has 1 aliphatic heterocycles. The number of hydrogen-bond donors (Lipinski definition) is 2. The van der Waals surface area contributed by atoms with Gasteiger partial charge in [-0.3, -0.25) is 4.79 Å². The molecule has 0 radical (unpaired) electrons. The quantitative estimate of drug-likeness (QED) is 0.289. The van der Waals surface area contributed by atoms with Crippen molar-refractivity contribution in [3.8, 4) is 11.1 Å². The molecule has 1 saturated heterocycles. The van der Waals surface area contributed by atoms with Gasteiger partial charge in [-0.1, -0.05) is 54.1 Å². The Labute approximate surface area is 239 Å². The van der Waals surface area contributed by atoms with E-state index in [4.69, 9.17) is 11.6 Å². The lowest BCUT2D eigenvalue weighted by Crippen LogP contribution is -2.52. The fraction of sp³-hybridized carbons (Fsp3) is 0.323. The molecule has 5 rings (SSSR count). The predicted molar refractivity (Wildman–Crippen MR) is 159 cm³/mol. The number of fused-ring (bicyclic) bond motifs is 1. The van der Waals surface area contributed by atoms with Gasteiger partial charge in [0.1, 0.15) is 5.65 Å². The van der Waals surface area contributed by atoms with E-state index in [1.807, 2.05) is 61.5 Å². The summed E-state index contributed by atoms with van der Waals surface area (Å²) in [5.41, 5.74) is 6.00. The van der Waals surface area contributed by atoms with Crippen molar-refractivity contribution in [3.63, 3.8) is 0 Å². The number of aromatic nitrogens is 2. The SMILES string of the molecule is Cc1c[nH]c2ncc(-c3ccccc3)c(N3CCN(C(=O)C(CN(C(=O)O)C(C)C)c4ccc(Cl)cc4)CC3)c12. The number of H-pyrrole nitrogens is 1. The first-order valence-electron chi connectivity index (χ1n) is 13.6. The van der Waals surface area contributed by atoms with E-state index >= 15 is 0 Å². The maximum Gasteiger partial charge on any atom is 0.407 e. The molecular formula is C31H34ClN5O3. The first-order valence-corrected chi connectivity index (χ1v) is 13.9. The number of pyridine rings is 1. The van der Waals surface area contributed by atoms with E-state index in [2.05, 4.69) is 33.9 Å². The molecular weight excluding hydrogens is 526 g/mol. The summed E-state index contributed by atoms with van der Waals surface area (Å²) in [6, 6.07) is 17.1. The summed E-state index contributed by atoms with van der Waals surface area (Å²) in [6.45, 7) is 8.15. The lowest BCUT2D eigenvalue weighted by molar-refractivity contribution is -0.133. The van der Waals surface area contributed by atoms with E-state index in [0.29, 0.717) is 31.2 Å². The molecule has 1 unspecified atom stereocenters. The minimum atomic E-state index is -1.04. The molecule has 208 valence electrons. The first kappa shape index (κ1) is 27.5. The number of carboxylic acid groups (broad SMARTS) is 1. The fourth-order valence-electron chi connectivity index (χ4n) is 5.49. The maximum atomic E-state index is 14.0. The van der Waals surface area contributed by atoms with Gasteiger partial charge in [0.05, 0.1) is 11.6 Å². The number of nitrogens with zero attached hydrogens (tertiary/aromatic N) is 4. The van der Waals surface area contributed by atoms with Crippen LogP contribution in [0.5, 0.6) is 0 Å². The number of carbonyl (C=O) groups excluding carboxylic acids is 1. The second kappa shape index (κ2) is 11.6. The van der Waals surface area contributed by atoms with Crippen LogP contribution in [0.1, 0.15) is 30.9 Å². The molecule has 40 heavy (non-hydrogen) atoms. The predicted octanol–water partition coefficient (Wildman–Crippen LogP) is 6.01. The van der Waals surface area contributed by atoms with Crippen molar-refractivity contribution in [2.75, 3.05) is 37.6 Å². The Morgan fingerprint density at radius 3 is 2.35 bits per heavy atom. The Morgan fingerprint density at radius 2 is 1.73 bits per heavy atom. The first-order chi connectivity index (χ1) is 19.2. The van der Waals surface area contributed by atoms with Crippen molar-refractivity contribution in [2.45, 2.75) is 32.7 Å². The number of aromatic amines is 1. The fourth-order valence-corrected chi connectivity index (χ4v) is 5.62. The lowest BCUT2D eigenvalue weighted by atomic mass is 9.95. The van der Waals surface area contributed by atoms with Crippen LogP contribution < -0.4 is 4.90 Å². The molecule has 1 fully saturated rings. The summed E-state index contributed by atoms with van der Waals surface area (Å²) in [4.78, 5) is 39.4. The Bertz CT molecular complexity index is 1490. The standard InChI is InChI=1S/C31H34ClN5O3/c1-20(2)37(31(39)40)19-26(23-9-11-24(32)12-10-23)30(38)36-15-13-35(14-16-36)28-25(22-7-5-4-6-8-22)18-34-29-27(28)21(3)17-33-29/h4-12,17-18,20,26H,13-16,19H2,1-3H3,(H,33,34)(H,39,40). The third-order valence-electron chi connectivity index (χ3n) is 7.68. The zero-order valence-corrected chi connectivity index (χ0v) is 23.7. The van der Waals surface area contributed by atoms with Crippen molar-refractivity contribution >= 4 is 40.3 Å². The molecule has 0 bridgehead atoms. The summed E-state index contributed by atoms with van der Waals surface area (Å²) in [5, 5.41) is 11.5. The van der Waals surface area contributed by atoms with Crippen LogP contribution in [0.15, 0.2) is 67.0 Å². The van der Waals surface area contributed by atoms with Gasteiger partial charge in [-0.2, -0.15) is 0 Å². The molecule has 2 aromatic heterocycles. The molecule has 9 heteroatoms. The number of piperazine rings is 1. The highest BCUT2D eigenvalue weighted by atomic mass is 35.5. The average molecular weight is 560 g/mol. The molecule has 2 amide bonds. The normalized spacial score (nSPS) is 14.5. The van der Waals surface area contributed by atoms with E-state index in [0.717, 1.165) is 39.0 Å². The summed E-state index contributed by atoms with van der Waals surface area (Å²) < 4.78 is 0. The number of amides is 2. The maximum absolute atomic E-state index is 14.0. The van der Waals surface area contributed by atoms with E-state index in [1.165, 1.54) is 4.90 Å². The zero-order chi connectivity index (χ0) is 28.4. The minimum Gasteiger partial charge on any atom is -0.465 e. The second-order valence-electron chi connectivity index (χ2n) is 10.5. The van der Waals surface area contributed by atoms with E-state index in [9.17, 15) is 14.7 Å². The molecule has 8 nitrogen and oxygen atoms in total. The van der Waals surface area contributed by atoms with Gasteiger partial charge in [0.25, 0.3) is 0 Å². The minimum absolute atomic E-state index is 0.0742. The van der Waals surface area contributed by atoms with Gasteiger partial charge >= 0.3 is 6.09 Å². The van der Waals surface area contributed by atoms with Gasteiger partial charge in [-0.25, -0.2) is 9.78 Å². The second-order valence-corrected chi connectivity index (χ2v) is 11.0. The molecule has 2 aromatic carbocycles. The zero-order valence-electron chi connectivity index (χ0n) is 23.0. The smallest absolute Gasteiger partial charge is 0.407 e. The monoisotopic (exact) mass is 559 g/mol. The number of hydrogen-bond acceptors (Lipinski definition) is 4. The van der Waals surface area contributed by atoms with Gasteiger partial charge in [0, 0.05) is 67.1 Å². The molecule has 3 heterocycles. The Balaban J connectivity index is 1.42. The van der Waals surface area contributed by atoms with Crippen LogP contribution >= 0.6 is 11.6 Å². The third-order valence-corrected chi connectivity index (χ3v) is 7.93. The highest BCUT2D eigenvalue weighted by Gasteiger charge is 2.33. The topological polar surface area (TPSA) is 92.8 Å². The number of halogens is 1. The van der Waals surface area contributed by atoms with Gasteiger partial charge in [-0.15, -0.1) is 0 Å². The highest BCUT2D eigenvalue weighted by molar-refractivity contribution is 6.30. The van der Waals surface area contributed by atoms with Crippen molar-refractivity contribution < 1.29 is 14.7 Å². The van der Waals surface area contributed by atoms with Crippen LogP contribution in [0.3, 0.4) is 0 Å². The van der Waals surface area contributed by atoms with Crippen molar-refractivity contribution in [3.05, 3.63) is 83.1 Å². The average Bonchev–Trinajstić information content (AvgIpc) is 3.34. The van der Waals surface area contributed by atoms with Gasteiger partial charge in [0.2, 0.25) is 5.91 Å². The number of anilines is 1. The molecule has 4 aromatic rings. The Morgan fingerprint density at radius 1 is 1.05 bits per heavy atom. The Hall–Kier alpha value is -4.04. The summed E-state index contributed by atoms with van der Waals surface area (Å²) >= 11 is 6.11. The van der Waals surface area contributed by atoms with Crippen LogP contribution in [0.25, 0.3) is 22.2 Å². The van der Waals surface area contributed by atoms with Crippen molar-refractivity contribution in [1.82, 2.24) is 19.8 Å². The molecule has 2 N–H and O–H groups in total. The molecule has 1 atom stereocenters. The van der Waals surface area contributed by atoms with E-state index in [-0.39, 0.29) is 18.5 Å². The summed E-state index contributed by atoms with van der Waals surface area (Å²) in [7, 11) is 0. The van der Waals surface area contributed by atoms with Gasteiger partial charge in [0.15, 0.2) is 0 Å². The largest absolute Gasteiger partial charge is 0.465 e. The van der Waals surface area contributed by atoms with Crippen LogP contribution in [0, 0.1) is 6.92 Å². The van der Waals surface area contributed by atoms with E-state index < -0.39 is 12.0 Å². The summed E-state index contributed by atoms with van der Waals surface area (Å²) in [5.74, 6) is -0.698. The number of benzene rings is 2. The number of carbonyl (C=O) groups is 2. The van der Waals surface area contributed by atoms with Gasteiger partial charge in [-0.05, 0) is 49.6 Å². The molecule has 0 spiro atoms. The number of nitrogens with one attached hydrogen (secondary N) is 1. The number of rotatable bonds is 7. The van der Waals surface area contributed by atoms with Crippen molar-refractivity contribution in [1.29, 1.82) is 0 Å². The van der Waals surface area contributed by atoms with Crippen LogP contribution in [0.4, 0.5) is 10.5 Å². The number of aryl methyl sites for hydroxylation is 1. The van der Waals surface area contributed by atoms with Crippen molar-refractivity contribution in [2.24, 2.45) is 0 Å². The highest BCUT2D eigenvalue weighted by Crippen LogP contribution is 2.38. The van der Waals surface area contributed by atoms with E-state index in [1.54, 1.807) is 12.1 Å².